The third-order valence-corrected chi connectivity index (χ3v) is 4.41. The molecule has 2 aliphatic rings. The second-order valence-electron chi connectivity index (χ2n) is 6.55. The summed E-state index contributed by atoms with van der Waals surface area (Å²) in [5.41, 5.74) is 8.79. The Morgan fingerprint density at radius 3 is 2.30 bits per heavy atom. The first-order chi connectivity index (χ1) is 11.0. The van der Waals surface area contributed by atoms with E-state index in [2.05, 4.69) is 62.1 Å². The number of hydrogen-bond donors (Lipinski definition) is 1. The number of carbonyl (C=O) groups is 1. The van der Waals surface area contributed by atoms with E-state index in [-0.39, 0.29) is 0 Å². The van der Waals surface area contributed by atoms with Crippen LogP contribution in [-0.2, 0) is 24.1 Å². The molecular weight excluding hydrogens is 282 g/mol. The minimum atomic E-state index is 0.352. The zero-order chi connectivity index (χ0) is 16.4. The lowest BCUT2D eigenvalue weighted by atomic mass is 10.0. The van der Waals surface area contributed by atoms with Crippen molar-refractivity contribution in [3.63, 3.8) is 0 Å². The molecule has 1 N–H and O–H groups in total. The van der Waals surface area contributed by atoms with Gasteiger partial charge in [0.05, 0.1) is 0 Å². The number of allylic oxidation sites excluding steroid dienone is 1. The van der Waals surface area contributed by atoms with Gasteiger partial charge in [-0.1, -0.05) is 42.5 Å². The number of aryl methyl sites for hydroxylation is 3. The summed E-state index contributed by atoms with van der Waals surface area (Å²) < 4.78 is 0. The van der Waals surface area contributed by atoms with Crippen LogP contribution in [0.5, 0.6) is 0 Å². The molecule has 1 heterocycles. The number of ketones is 1. The highest BCUT2D eigenvalue weighted by Gasteiger charge is 2.17. The number of anilines is 1. The molecule has 118 valence electrons. The van der Waals surface area contributed by atoms with Crippen LogP contribution in [-0.4, -0.2) is 5.78 Å². The van der Waals surface area contributed by atoms with Crippen molar-refractivity contribution < 1.29 is 4.79 Å². The predicted molar refractivity (Wildman–Crippen MR) is 95.9 cm³/mol. The first-order valence-corrected chi connectivity index (χ1v) is 8.16. The van der Waals surface area contributed by atoms with Crippen molar-refractivity contribution in [2.45, 2.75) is 39.5 Å². The minimum Gasteiger partial charge on any atom is -0.359 e. The van der Waals surface area contributed by atoms with Gasteiger partial charge in [-0.15, -0.1) is 0 Å². The van der Waals surface area contributed by atoms with E-state index in [0.29, 0.717) is 18.6 Å². The van der Waals surface area contributed by atoms with Gasteiger partial charge < -0.3 is 5.32 Å². The van der Waals surface area contributed by atoms with Crippen LogP contribution in [0.1, 0.15) is 34.2 Å². The monoisotopic (exact) mass is 305 g/mol. The van der Waals surface area contributed by atoms with E-state index in [1.807, 2.05) is 0 Å². The maximum Gasteiger partial charge on any atom is 0.141 e. The predicted octanol–water partition coefficient (Wildman–Crippen LogP) is 4.53. The highest BCUT2D eigenvalue weighted by molar-refractivity contribution is 5.87. The van der Waals surface area contributed by atoms with E-state index in [1.165, 1.54) is 33.5 Å². The van der Waals surface area contributed by atoms with Gasteiger partial charge in [0, 0.05) is 24.2 Å². The molecule has 0 unspecified atom stereocenters. The van der Waals surface area contributed by atoms with Crippen LogP contribution < -0.4 is 5.32 Å². The molecule has 2 aromatic rings. The van der Waals surface area contributed by atoms with Crippen molar-refractivity contribution in [3.05, 3.63) is 76.5 Å². The first-order valence-electron chi connectivity index (χ1n) is 8.16. The van der Waals surface area contributed by atoms with E-state index < -0.39 is 0 Å². The van der Waals surface area contributed by atoms with Crippen molar-refractivity contribution in [2.75, 3.05) is 5.32 Å². The SMILES string of the molecule is C=C1CCc2ccc(C)cc2N1.Cc1ccc2c(c1)CC(=O)C2. The Labute approximate surface area is 138 Å². The molecule has 0 aromatic heterocycles. The Balaban J connectivity index is 0.000000136. The van der Waals surface area contributed by atoms with E-state index in [0.717, 1.165) is 18.5 Å². The Morgan fingerprint density at radius 1 is 0.870 bits per heavy atom. The van der Waals surface area contributed by atoms with Crippen molar-refractivity contribution in [1.29, 1.82) is 0 Å². The summed E-state index contributed by atoms with van der Waals surface area (Å²) in [7, 11) is 0. The lowest BCUT2D eigenvalue weighted by Crippen LogP contribution is -2.08. The fourth-order valence-electron chi connectivity index (χ4n) is 3.14. The van der Waals surface area contributed by atoms with Crippen molar-refractivity contribution >= 4 is 11.5 Å². The number of nitrogens with one attached hydrogen (secondary N) is 1. The number of Topliss-reactive ketones (excluding diaryl/α,β-unsaturated/α-hetero) is 1. The number of hydrogen-bond acceptors (Lipinski definition) is 2. The van der Waals surface area contributed by atoms with Crippen molar-refractivity contribution in [3.8, 4) is 0 Å². The van der Waals surface area contributed by atoms with Crippen molar-refractivity contribution in [2.24, 2.45) is 0 Å². The zero-order valence-electron chi connectivity index (χ0n) is 13.9. The van der Waals surface area contributed by atoms with E-state index >= 15 is 0 Å². The van der Waals surface area contributed by atoms with Gasteiger partial charge >= 0.3 is 0 Å². The van der Waals surface area contributed by atoms with Crippen LogP contribution in [0.4, 0.5) is 5.69 Å². The molecule has 4 rings (SSSR count). The fourth-order valence-corrected chi connectivity index (χ4v) is 3.14. The zero-order valence-corrected chi connectivity index (χ0v) is 13.9. The van der Waals surface area contributed by atoms with E-state index in [4.69, 9.17) is 0 Å². The van der Waals surface area contributed by atoms with Gasteiger partial charge in [-0.3, -0.25) is 4.79 Å². The first kappa shape index (κ1) is 15.5. The average molecular weight is 305 g/mol. The molecule has 0 radical (unpaired) electrons. The summed E-state index contributed by atoms with van der Waals surface area (Å²) >= 11 is 0. The Hall–Kier alpha value is -2.35. The summed E-state index contributed by atoms with van der Waals surface area (Å²) in [4.78, 5) is 11.0. The molecule has 0 fully saturated rings. The quantitative estimate of drug-likeness (QED) is 0.775. The number of rotatable bonds is 0. The van der Waals surface area contributed by atoms with Crippen LogP contribution >= 0.6 is 0 Å². The normalized spacial score (nSPS) is 15.2. The number of carbonyl (C=O) groups excluding carboxylic acids is 1. The standard InChI is InChI=1S/C11H13N.C10H10O/c1-8-3-5-10-6-4-9(2)12-11(10)7-8;1-7-2-3-8-5-10(11)6-9(8)4-7/h3,5,7,12H,2,4,6H2,1H3;2-4H,5-6H2,1H3. The molecule has 2 heteroatoms. The molecule has 1 aliphatic carbocycles. The van der Waals surface area contributed by atoms with E-state index in [1.54, 1.807) is 0 Å². The third-order valence-electron chi connectivity index (χ3n) is 4.41. The molecular formula is C21H23NO. The third kappa shape index (κ3) is 3.70. The smallest absolute Gasteiger partial charge is 0.141 e. The Kier molecular flexibility index (Phi) is 4.33. The molecule has 1 aliphatic heterocycles. The molecule has 2 nitrogen and oxygen atoms in total. The fraction of sp³-hybridized carbons (Fsp3) is 0.286. The maximum atomic E-state index is 11.0. The number of fused-ring (bicyclic) bond motifs is 2. The minimum absolute atomic E-state index is 0.352. The Morgan fingerprint density at radius 2 is 1.52 bits per heavy atom. The summed E-state index contributed by atoms with van der Waals surface area (Å²) in [5.74, 6) is 0.352. The maximum absolute atomic E-state index is 11.0. The van der Waals surface area contributed by atoms with Gasteiger partial charge in [0.25, 0.3) is 0 Å². The lowest BCUT2D eigenvalue weighted by molar-refractivity contribution is -0.117. The highest BCUT2D eigenvalue weighted by Crippen LogP contribution is 2.26. The van der Waals surface area contributed by atoms with Crippen LogP contribution in [0.3, 0.4) is 0 Å². The summed E-state index contributed by atoms with van der Waals surface area (Å²) in [6.45, 7) is 8.10. The largest absolute Gasteiger partial charge is 0.359 e. The molecule has 0 saturated carbocycles. The topological polar surface area (TPSA) is 29.1 Å². The Bertz CT molecular complexity index is 773. The summed E-state index contributed by atoms with van der Waals surface area (Å²) in [5, 5.41) is 3.31. The van der Waals surface area contributed by atoms with Crippen molar-refractivity contribution in [1.82, 2.24) is 0 Å². The summed E-state index contributed by atoms with van der Waals surface area (Å²) in [6, 6.07) is 12.8. The second kappa shape index (κ2) is 6.41. The molecule has 0 atom stereocenters. The summed E-state index contributed by atoms with van der Waals surface area (Å²) in [6.07, 6.45) is 3.49. The molecule has 23 heavy (non-hydrogen) atoms. The van der Waals surface area contributed by atoms with E-state index in [9.17, 15) is 4.79 Å². The van der Waals surface area contributed by atoms with Gasteiger partial charge in [0.1, 0.15) is 5.78 Å². The second-order valence-corrected chi connectivity index (χ2v) is 6.55. The number of benzene rings is 2. The van der Waals surface area contributed by atoms with Crippen LogP contribution in [0.2, 0.25) is 0 Å². The van der Waals surface area contributed by atoms with Gasteiger partial charge in [-0.25, -0.2) is 0 Å². The molecule has 0 amide bonds. The molecule has 2 aromatic carbocycles. The highest BCUT2D eigenvalue weighted by atomic mass is 16.1. The van der Waals surface area contributed by atoms with Crippen LogP contribution in [0, 0.1) is 13.8 Å². The van der Waals surface area contributed by atoms with Crippen LogP contribution in [0.15, 0.2) is 48.7 Å². The lowest BCUT2D eigenvalue weighted by Gasteiger charge is -2.20. The van der Waals surface area contributed by atoms with Gasteiger partial charge in [0.15, 0.2) is 0 Å². The average Bonchev–Trinajstić information content (AvgIpc) is 2.86. The van der Waals surface area contributed by atoms with Crippen LogP contribution in [0.25, 0.3) is 0 Å². The van der Waals surface area contributed by atoms with Gasteiger partial charge in [0.2, 0.25) is 0 Å². The van der Waals surface area contributed by atoms with Gasteiger partial charge in [-0.2, -0.15) is 0 Å². The molecule has 0 spiro atoms. The van der Waals surface area contributed by atoms with Gasteiger partial charge in [-0.05, 0) is 55.0 Å². The molecule has 0 bridgehead atoms. The molecule has 0 saturated heterocycles.